The van der Waals surface area contributed by atoms with Crippen LogP contribution in [0.2, 0.25) is 0 Å². The minimum atomic E-state index is 0.0630. The Morgan fingerprint density at radius 3 is 2.58 bits per heavy atom. The summed E-state index contributed by atoms with van der Waals surface area (Å²) in [7, 11) is 0. The molecule has 19 heavy (non-hydrogen) atoms. The summed E-state index contributed by atoms with van der Waals surface area (Å²) in [6.07, 6.45) is 1.89. The Labute approximate surface area is 120 Å². The molecule has 3 rings (SSSR count). The van der Waals surface area contributed by atoms with E-state index in [4.69, 9.17) is 5.73 Å². The van der Waals surface area contributed by atoms with Crippen LogP contribution in [0.3, 0.4) is 0 Å². The fourth-order valence-electron chi connectivity index (χ4n) is 2.30. The number of fused-ring (bicyclic) bond motifs is 1. The van der Waals surface area contributed by atoms with Gasteiger partial charge in [-0.1, -0.05) is 46.3 Å². The molecule has 0 aliphatic heterocycles. The monoisotopic (exact) mass is 315 g/mol. The molecule has 0 amide bonds. The van der Waals surface area contributed by atoms with Gasteiger partial charge in [0, 0.05) is 16.4 Å². The van der Waals surface area contributed by atoms with Crippen LogP contribution in [0.5, 0.6) is 0 Å². The average molecular weight is 316 g/mol. The number of nitrogens with two attached hydrogens (primary N) is 1. The molecule has 4 heteroatoms. The quantitative estimate of drug-likeness (QED) is 0.805. The van der Waals surface area contributed by atoms with Crippen LogP contribution in [-0.4, -0.2) is 16.3 Å². The molecule has 0 radical (unpaired) electrons. The molecule has 0 saturated carbocycles. The van der Waals surface area contributed by atoms with Crippen LogP contribution in [0.25, 0.3) is 10.9 Å². The largest absolute Gasteiger partial charge is 0.328 e. The second kappa shape index (κ2) is 5.15. The maximum absolute atomic E-state index is 5.95. The number of aromatic nitrogens is 2. The highest BCUT2D eigenvalue weighted by Gasteiger charge is 2.15. The number of para-hydroxylation sites is 1. The van der Waals surface area contributed by atoms with E-state index in [0.717, 1.165) is 15.4 Å². The van der Waals surface area contributed by atoms with Gasteiger partial charge < -0.3 is 5.73 Å². The van der Waals surface area contributed by atoms with Gasteiger partial charge in [-0.2, -0.15) is 5.10 Å². The van der Waals surface area contributed by atoms with Gasteiger partial charge in [0.15, 0.2) is 0 Å². The molecular formula is C15H14BrN3. The Hall–Kier alpha value is -1.65. The van der Waals surface area contributed by atoms with E-state index in [0.29, 0.717) is 6.54 Å². The maximum atomic E-state index is 5.95. The smallest absolute Gasteiger partial charge is 0.0897 e. The number of rotatable bonds is 3. The second-order valence-electron chi connectivity index (χ2n) is 4.45. The summed E-state index contributed by atoms with van der Waals surface area (Å²) in [6.45, 7) is 0.521. The van der Waals surface area contributed by atoms with E-state index in [1.807, 2.05) is 35.1 Å². The molecule has 2 aromatic carbocycles. The lowest BCUT2D eigenvalue weighted by Crippen LogP contribution is -2.21. The Balaban J connectivity index is 2.09. The molecule has 3 aromatic rings. The lowest BCUT2D eigenvalue weighted by Gasteiger charge is -2.17. The standard InChI is InChI=1S/C15H14BrN3/c16-13-7-5-11(6-8-13)15(9-17)19-14-4-2-1-3-12(14)10-18-19/h1-8,10,15H,9,17H2. The SMILES string of the molecule is NCC(c1ccc(Br)cc1)n1ncc2ccccc21. The van der Waals surface area contributed by atoms with Gasteiger partial charge in [0.25, 0.3) is 0 Å². The molecule has 0 aliphatic carbocycles. The van der Waals surface area contributed by atoms with E-state index in [-0.39, 0.29) is 6.04 Å². The normalized spacial score (nSPS) is 12.7. The zero-order valence-corrected chi connectivity index (χ0v) is 11.9. The lowest BCUT2D eigenvalue weighted by molar-refractivity contribution is 0.549. The first-order valence-electron chi connectivity index (χ1n) is 6.17. The highest BCUT2D eigenvalue weighted by atomic mass is 79.9. The lowest BCUT2D eigenvalue weighted by atomic mass is 10.1. The molecule has 1 heterocycles. The Morgan fingerprint density at radius 1 is 1.11 bits per heavy atom. The first-order valence-corrected chi connectivity index (χ1v) is 6.96. The molecule has 96 valence electrons. The van der Waals surface area contributed by atoms with Gasteiger partial charge in [-0.15, -0.1) is 0 Å². The van der Waals surface area contributed by atoms with Gasteiger partial charge >= 0.3 is 0 Å². The van der Waals surface area contributed by atoms with Crippen LogP contribution in [0.4, 0.5) is 0 Å². The third kappa shape index (κ3) is 2.29. The molecule has 0 saturated heterocycles. The third-order valence-electron chi connectivity index (χ3n) is 3.28. The molecule has 0 spiro atoms. The summed E-state index contributed by atoms with van der Waals surface area (Å²) >= 11 is 3.45. The Kier molecular flexibility index (Phi) is 3.36. The molecule has 0 fully saturated rings. The van der Waals surface area contributed by atoms with E-state index < -0.39 is 0 Å². The van der Waals surface area contributed by atoms with Crippen molar-refractivity contribution < 1.29 is 0 Å². The Morgan fingerprint density at radius 2 is 1.84 bits per heavy atom. The van der Waals surface area contributed by atoms with Crippen molar-refractivity contribution in [1.82, 2.24) is 9.78 Å². The molecule has 1 unspecified atom stereocenters. The second-order valence-corrected chi connectivity index (χ2v) is 5.37. The number of benzene rings is 2. The molecule has 1 aromatic heterocycles. The summed E-state index contributed by atoms with van der Waals surface area (Å²) in [5.41, 5.74) is 8.23. The highest BCUT2D eigenvalue weighted by Crippen LogP contribution is 2.23. The first-order chi connectivity index (χ1) is 9.29. The summed E-state index contributed by atoms with van der Waals surface area (Å²) in [5.74, 6) is 0. The first kappa shape index (κ1) is 12.4. The van der Waals surface area contributed by atoms with Gasteiger partial charge in [-0.05, 0) is 23.8 Å². The van der Waals surface area contributed by atoms with E-state index in [1.165, 1.54) is 5.56 Å². The summed E-state index contributed by atoms with van der Waals surface area (Å²) in [6, 6.07) is 16.5. The van der Waals surface area contributed by atoms with Crippen molar-refractivity contribution >= 4 is 26.8 Å². The van der Waals surface area contributed by atoms with Crippen molar-refractivity contribution in [2.24, 2.45) is 5.73 Å². The molecule has 2 N–H and O–H groups in total. The number of hydrogen-bond donors (Lipinski definition) is 1. The van der Waals surface area contributed by atoms with Gasteiger partial charge in [-0.3, -0.25) is 4.68 Å². The molecule has 0 bridgehead atoms. The number of halogens is 1. The number of hydrogen-bond acceptors (Lipinski definition) is 2. The van der Waals surface area contributed by atoms with Crippen LogP contribution in [0.15, 0.2) is 59.2 Å². The van der Waals surface area contributed by atoms with Crippen LogP contribution in [0.1, 0.15) is 11.6 Å². The van der Waals surface area contributed by atoms with Gasteiger partial charge in [0.05, 0.1) is 17.8 Å². The summed E-state index contributed by atoms with van der Waals surface area (Å²) in [4.78, 5) is 0. The van der Waals surface area contributed by atoms with Crippen LogP contribution in [0, 0.1) is 0 Å². The van der Waals surface area contributed by atoms with Gasteiger partial charge in [0.1, 0.15) is 0 Å². The minimum absolute atomic E-state index is 0.0630. The third-order valence-corrected chi connectivity index (χ3v) is 3.81. The van der Waals surface area contributed by atoms with E-state index in [2.05, 4.69) is 45.3 Å². The maximum Gasteiger partial charge on any atom is 0.0897 e. The highest BCUT2D eigenvalue weighted by molar-refractivity contribution is 9.10. The summed E-state index contributed by atoms with van der Waals surface area (Å²) in [5, 5.41) is 5.63. The van der Waals surface area contributed by atoms with Crippen LogP contribution in [-0.2, 0) is 0 Å². The molecule has 3 nitrogen and oxygen atoms in total. The van der Waals surface area contributed by atoms with Crippen molar-refractivity contribution in [2.45, 2.75) is 6.04 Å². The predicted molar refractivity (Wildman–Crippen MR) is 81.1 cm³/mol. The van der Waals surface area contributed by atoms with E-state index >= 15 is 0 Å². The average Bonchev–Trinajstić information content (AvgIpc) is 2.86. The predicted octanol–water partition coefficient (Wildman–Crippen LogP) is 3.35. The van der Waals surface area contributed by atoms with Crippen molar-refractivity contribution in [3.05, 3.63) is 64.8 Å². The zero-order chi connectivity index (χ0) is 13.2. The minimum Gasteiger partial charge on any atom is -0.328 e. The number of nitrogens with zero attached hydrogens (tertiary/aromatic N) is 2. The van der Waals surface area contributed by atoms with Crippen LogP contribution < -0.4 is 5.73 Å². The van der Waals surface area contributed by atoms with Crippen molar-refractivity contribution in [1.29, 1.82) is 0 Å². The molecule has 0 aliphatic rings. The molecular weight excluding hydrogens is 302 g/mol. The fourth-order valence-corrected chi connectivity index (χ4v) is 2.57. The van der Waals surface area contributed by atoms with E-state index in [1.54, 1.807) is 0 Å². The van der Waals surface area contributed by atoms with Crippen LogP contribution >= 0.6 is 15.9 Å². The zero-order valence-electron chi connectivity index (χ0n) is 10.3. The molecule has 1 atom stereocenters. The van der Waals surface area contributed by atoms with Crippen molar-refractivity contribution in [2.75, 3.05) is 6.54 Å². The van der Waals surface area contributed by atoms with Gasteiger partial charge in [0.2, 0.25) is 0 Å². The van der Waals surface area contributed by atoms with Gasteiger partial charge in [-0.25, -0.2) is 0 Å². The van der Waals surface area contributed by atoms with E-state index in [9.17, 15) is 0 Å². The summed E-state index contributed by atoms with van der Waals surface area (Å²) < 4.78 is 3.07. The van der Waals surface area contributed by atoms with Crippen molar-refractivity contribution in [3.63, 3.8) is 0 Å². The Bertz CT molecular complexity index is 688. The topological polar surface area (TPSA) is 43.8 Å². The fraction of sp³-hybridized carbons (Fsp3) is 0.133. The van der Waals surface area contributed by atoms with Crippen molar-refractivity contribution in [3.8, 4) is 0 Å².